The second-order valence-electron chi connectivity index (χ2n) is 3.31. The predicted octanol–water partition coefficient (Wildman–Crippen LogP) is 0.333. The molecule has 1 saturated heterocycles. The van der Waals surface area contributed by atoms with E-state index >= 15 is 0 Å². The van der Waals surface area contributed by atoms with Gasteiger partial charge in [-0.15, -0.1) is 0 Å². The van der Waals surface area contributed by atoms with Crippen LogP contribution in [0.4, 0.5) is 0 Å². The van der Waals surface area contributed by atoms with Gasteiger partial charge in [0.05, 0.1) is 12.6 Å². The van der Waals surface area contributed by atoms with Crippen molar-refractivity contribution < 1.29 is 9.90 Å². The van der Waals surface area contributed by atoms with E-state index in [-0.39, 0.29) is 18.6 Å². The van der Waals surface area contributed by atoms with Crippen LogP contribution in [-0.4, -0.2) is 60.1 Å². The van der Waals surface area contributed by atoms with Crippen LogP contribution in [0.3, 0.4) is 0 Å². The van der Waals surface area contributed by atoms with Gasteiger partial charge in [0.2, 0.25) is 5.91 Å². The third kappa shape index (κ3) is 4.01. The van der Waals surface area contributed by atoms with Crippen molar-refractivity contribution in [3.05, 3.63) is 12.7 Å². The van der Waals surface area contributed by atoms with E-state index in [1.165, 1.54) is 6.08 Å². The number of nitrogens with zero attached hydrogens (tertiary/aromatic N) is 2. The SMILES string of the molecule is C=CC(=O)N1CCN(C)C(CO)C1.CC. The summed E-state index contributed by atoms with van der Waals surface area (Å²) in [7, 11) is 1.95. The number of aliphatic hydroxyl groups is 1. The van der Waals surface area contributed by atoms with Crippen molar-refractivity contribution >= 4 is 5.91 Å². The summed E-state index contributed by atoms with van der Waals surface area (Å²) in [5.74, 6) is -0.0495. The predicted molar refractivity (Wildman–Crippen MR) is 61.6 cm³/mol. The number of amides is 1. The maximum atomic E-state index is 11.2. The number of hydrogen-bond acceptors (Lipinski definition) is 3. The lowest BCUT2D eigenvalue weighted by Gasteiger charge is -2.38. The zero-order chi connectivity index (χ0) is 11.8. The van der Waals surface area contributed by atoms with E-state index in [9.17, 15) is 4.79 Å². The highest BCUT2D eigenvalue weighted by molar-refractivity contribution is 5.87. The molecular weight excluding hydrogens is 192 g/mol. The van der Waals surface area contributed by atoms with E-state index in [1.54, 1.807) is 4.90 Å². The van der Waals surface area contributed by atoms with Gasteiger partial charge in [0.15, 0.2) is 0 Å². The van der Waals surface area contributed by atoms with Gasteiger partial charge in [-0.05, 0) is 13.1 Å². The van der Waals surface area contributed by atoms with Crippen LogP contribution in [0.1, 0.15) is 13.8 Å². The summed E-state index contributed by atoms with van der Waals surface area (Å²) in [5.41, 5.74) is 0. The third-order valence-corrected chi connectivity index (χ3v) is 2.47. The van der Waals surface area contributed by atoms with Crippen LogP contribution < -0.4 is 0 Å². The van der Waals surface area contributed by atoms with E-state index in [2.05, 4.69) is 11.5 Å². The van der Waals surface area contributed by atoms with Gasteiger partial charge in [0.25, 0.3) is 0 Å². The smallest absolute Gasteiger partial charge is 0.246 e. The number of carbonyl (C=O) groups is 1. The molecule has 1 heterocycles. The average molecular weight is 214 g/mol. The number of rotatable bonds is 2. The Balaban J connectivity index is 0.000000921. The Hall–Kier alpha value is -0.870. The standard InChI is InChI=1S/C9H16N2O2.C2H6/c1-3-9(13)11-5-4-10(2)8(6-11)7-12;1-2/h3,8,12H,1,4-7H2,2H3;1-2H3. The van der Waals surface area contributed by atoms with Gasteiger partial charge >= 0.3 is 0 Å². The number of aliphatic hydroxyl groups excluding tert-OH is 1. The summed E-state index contributed by atoms with van der Waals surface area (Å²) in [5, 5.41) is 9.03. The molecule has 88 valence electrons. The molecule has 0 aromatic carbocycles. The molecule has 1 amide bonds. The van der Waals surface area contributed by atoms with Gasteiger partial charge in [-0.3, -0.25) is 9.69 Å². The van der Waals surface area contributed by atoms with Crippen molar-refractivity contribution in [3.63, 3.8) is 0 Å². The molecule has 1 fully saturated rings. The van der Waals surface area contributed by atoms with Gasteiger partial charge in [0.1, 0.15) is 0 Å². The topological polar surface area (TPSA) is 43.8 Å². The molecule has 1 unspecified atom stereocenters. The van der Waals surface area contributed by atoms with Gasteiger partial charge in [-0.1, -0.05) is 20.4 Å². The average Bonchev–Trinajstić information content (AvgIpc) is 2.31. The molecule has 4 nitrogen and oxygen atoms in total. The fourth-order valence-corrected chi connectivity index (χ4v) is 1.47. The summed E-state index contributed by atoms with van der Waals surface area (Å²) in [6, 6.07) is 0.0673. The molecule has 4 heteroatoms. The highest BCUT2D eigenvalue weighted by atomic mass is 16.3. The minimum Gasteiger partial charge on any atom is -0.395 e. The summed E-state index contributed by atoms with van der Waals surface area (Å²) < 4.78 is 0. The molecule has 1 aliphatic rings. The Labute approximate surface area is 92.2 Å². The largest absolute Gasteiger partial charge is 0.395 e. The number of carbonyl (C=O) groups excluding carboxylic acids is 1. The molecule has 1 N–H and O–H groups in total. The molecule has 0 aromatic heterocycles. The second-order valence-corrected chi connectivity index (χ2v) is 3.31. The van der Waals surface area contributed by atoms with Crippen LogP contribution in [0.15, 0.2) is 12.7 Å². The lowest BCUT2D eigenvalue weighted by molar-refractivity contribution is -0.129. The van der Waals surface area contributed by atoms with Crippen LogP contribution in [0.25, 0.3) is 0 Å². The van der Waals surface area contributed by atoms with Crippen molar-refractivity contribution in [2.45, 2.75) is 19.9 Å². The second kappa shape index (κ2) is 7.43. The van der Waals surface area contributed by atoms with Crippen LogP contribution in [0.5, 0.6) is 0 Å². The first-order valence-electron chi connectivity index (χ1n) is 5.41. The highest BCUT2D eigenvalue weighted by Crippen LogP contribution is 2.07. The zero-order valence-electron chi connectivity index (χ0n) is 9.94. The Bertz CT molecular complexity index is 207. The monoisotopic (exact) mass is 214 g/mol. The highest BCUT2D eigenvalue weighted by Gasteiger charge is 2.25. The Kier molecular flexibility index (Phi) is 6.99. The number of likely N-dealkylation sites (N-methyl/N-ethyl adjacent to an activating group) is 1. The molecule has 1 aliphatic heterocycles. The lowest BCUT2D eigenvalue weighted by Crippen LogP contribution is -2.54. The number of hydrogen-bond donors (Lipinski definition) is 1. The van der Waals surface area contributed by atoms with Crippen LogP contribution in [-0.2, 0) is 4.79 Å². The van der Waals surface area contributed by atoms with E-state index in [0.29, 0.717) is 6.54 Å². The fourth-order valence-electron chi connectivity index (χ4n) is 1.47. The fraction of sp³-hybridized carbons (Fsp3) is 0.727. The van der Waals surface area contributed by atoms with E-state index in [4.69, 9.17) is 5.11 Å². The van der Waals surface area contributed by atoms with Crippen LogP contribution in [0.2, 0.25) is 0 Å². The maximum absolute atomic E-state index is 11.2. The van der Waals surface area contributed by atoms with E-state index in [1.807, 2.05) is 20.9 Å². The normalized spacial score (nSPS) is 21.6. The van der Waals surface area contributed by atoms with Crippen molar-refractivity contribution in [2.75, 3.05) is 33.3 Å². The molecule has 0 aliphatic carbocycles. The molecule has 0 bridgehead atoms. The Morgan fingerprint density at radius 2 is 2.13 bits per heavy atom. The minimum absolute atomic E-state index is 0.0495. The van der Waals surface area contributed by atoms with Gasteiger partial charge < -0.3 is 10.0 Å². The Morgan fingerprint density at radius 1 is 1.53 bits per heavy atom. The molecule has 1 rings (SSSR count). The van der Waals surface area contributed by atoms with Gasteiger partial charge in [-0.2, -0.15) is 0 Å². The summed E-state index contributed by atoms with van der Waals surface area (Å²) in [6.45, 7) is 9.66. The molecule has 15 heavy (non-hydrogen) atoms. The van der Waals surface area contributed by atoms with Crippen molar-refractivity contribution in [1.82, 2.24) is 9.80 Å². The molecule has 1 atom stereocenters. The summed E-state index contributed by atoms with van der Waals surface area (Å²) in [4.78, 5) is 15.0. The minimum atomic E-state index is -0.0495. The molecular formula is C11H22N2O2. The summed E-state index contributed by atoms with van der Waals surface area (Å²) in [6.07, 6.45) is 1.32. The van der Waals surface area contributed by atoms with Gasteiger partial charge in [-0.25, -0.2) is 0 Å². The molecule has 0 spiro atoms. The molecule has 0 aromatic rings. The third-order valence-electron chi connectivity index (χ3n) is 2.47. The Morgan fingerprint density at radius 3 is 2.60 bits per heavy atom. The first kappa shape index (κ1) is 14.1. The molecule has 0 radical (unpaired) electrons. The van der Waals surface area contributed by atoms with Crippen molar-refractivity contribution in [3.8, 4) is 0 Å². The molecule has 0 saturated carbocycles. The van der Waals surface area contributed by atoms with Gasteiger partial charge in [0, 0.05) is 19.6 Å². The van der Waals surface area contributed by atoms with Crippen LogP contribution in [0, 0.1) is 0 Å². The van der Waals surface area contributed by atoms with E-state index < -0.39 is 0 Å². The summed E-state index contributed by atoms with van der Waals surface area (Å²) >= 11 is 0. The lowest BCUT2D eigenvalue weighted by atomic mass is 10.2. The van der Waals surface area contributed by atoms with E-state index in [0.717, 1.165) is 13.1 Å². The first-order valence-corrected chi connectivity index (χ1v) is 5.41. The number of piperazine rings is 1. The quantitative estimate of drug-likeness (QED) is 0.674. The first-order chi connectivity index (χ1) is 7.19. The van der Waals surface area contributed by atoms with Crippen molar-refractivity contribution in [2.24, 2.45) is 0 Å². The zero-order valence-corrected chi connectivity index (χ0v) is 9.94. The van der Waals surface area contributed by atoms with Crippen molar-refractivity contribution in [1.29, 1.82) is 0 Å². The van der Waals surface area contributed by atoms with Crippen LogP contribution >= 0.6 is 0 Å². The maximum Gasteiger partial charge on any atom is 0.246 e.